The van der Waals surface area contributed by atoms with E-state index in [0.717, 1.165) is 29.3 Å². The molecule has 6 nitrogen and oxygen atoms in total. The molecule has 3 atom stereocenters. The summed E-state index contributed by atoms with van der Waals surface area (Å²) in [5.41, 5.74) is 1.90. The van der Waals surface area contributed by atoms with E-state index in [1.807, 2.05) is 42.3 Å². The Morgan fingerprint density at radius 2 is 2.00 bits per heavy atom. The topological polar surface area (TPSA) is 75.0 Å². The number of carbonyl (C=O) groups excluding carboxylic acids is 1. The maximum Gasteiger partial charge on any atom is 0.277 e. The van der Waals surface area contributed by atoms with Crippen molar-refractivity contribution in [3.8, 4) is 11.5 Å². The average Bonchev–Trinajstić information content (AvgIpc) is 3.28. The average molecular weight is 385 g/mol. The summed E-state index contributed by atoms with van der Waals surface area (Å²) in [4.78, 5) is 18.2. The van der Waals surface area contributed by atoms with E-state index >= 15 is 0 Å². The molecule has 0 saturated carbocycles. The van der Waals surface area contributed by atoms with Gasteiger partial charge in [0.2, 0.25) is 5.91 Å². The van der Waals surface area contributed by atoms with Crippen LogP contribution in [0.15, 0.2) is 40.1 Å². The predicted molar refractivity (Wildman–Crippen MR) is 107 cm³/mol. The Morgan fingerprint density at radius 1 is 1.26 bits per heavy atom. The first-order valence-electron chi connectivity index (χ1n) is 9.43. The number of hydrogen-bond donors (Lipinski definition) is 1. The highest BCUT2D eigenvalue weighted by atomic mass is 32.2. The molecule has 1 aliphatic rings. The minimum Gasteiger partial charge on any atom is -0.411 e. The van der Waals surface area contributed by atoms with E-state index in [9.17, 15) is 4.79 Å². The van der Waals surface area contributed by atoms with E-state index in [-0.39, 0.29) is 23.2 Å². The number of likely N-dealkylation sites (tertiary alicyclic amines) is 1. The number of carbonyl (C=O) groups is 1. The Labute approximate surface area is 162 Å². The third kappa shape index (κ3) is 3.48. The van der Waals surface area contributed by atoms with Crippen LogP contribution in [0.25, 0.3) is 22.4 Å². The second-order valence-electron chi connectivity index (χ2n) is 7.26. The van der Waals surface area contributed by atoms with Crippen LogP contribution in [0.1, 0.15) is 40.0 Å². The summed E-state index contributed by atoms with van der Waals surface area (Å²) < 4.78 is 5.85. The summed E-state index contributed by atoms with van der Waals surface area (Å²) >= 11 is 1.33. The molecule has 4 rings (SSSR count). The number of thioether (sulfide) groups is 1. The Morgan fingerprint density at radius 3 is 2.78 bits per heavy atom. The van der Waals surface area contributed by atoms with E-state index in [1.54, 1.807) is 0 Å². The van der Waals surface area contributed by atoms with Crippen molar-refractivity contribution in [1.82, 2.24) is 20.1 Å². The van der Waals surface area contributed by atoms with Crippen molar-refractivity contribution in [3.63, 3.8) is 0 Å². The molecule has 1 aromatic carbocycles. The van der Waals surface area contributed by atoms with E-state index in [4.69, 9.17) is 4.42 Å². The zero-order chi connectivity index (χ0) is 19.0. The van der Waals surface area contributed by atoms with Gasteiger partial charge in [0.05, 0.1) is 10.8 Å². The first kappa shape index (κ1) is 18.1. The number of piperidine rings is 1. The largest absolute Gasteiger partial charge is 0.411 e. The molecule has 3 aromatic rings. The predicted octanol–water partition coefficient (Wildman–Crippen LogP) is 4.49. The number of para-hydroxylation sites is 1. The lowest BCUT2D eigenvalue weighted by Gasteiger charge is -2.40. The molecule has 1 saturated heterocycles. The molecule has 7 heteroatoms. The minimum atomic E-state index is -0.260. The monoisotopic (exact) mass is 384 g/mol. The molecule has 0 unspecified atom stereocenters. The number of aromatic nitrogens is 3. The number of hydrogen-bond acceptors (Lipinski definition) is 5. The number of aromatic amines is 1. The number of benzene rings is 1. The van der Waals surface area contributed by atoms with Crippen LogP contribution in [0.2, 0.25) is 0 Å². The molecule has 27 heavy (non-hydrogen) atoms. The standard InChI is InChI=1S/C20H24N4O2S/c1-12-7-6-8-13(2)24(12)19(25)14(3)27-20-23-22-18(26-20)16-11-21-17-10-5-4-9-15(16)17/h4-5,9-14,21H,6-8H2,1-3H3/t12-,13-,14+/m0/s1. The summed E-state index contributed by atoms with van der Waals surface area (Å²) in [5, 5.41) is 9.53. The molecule has 1 N–H and O–H groups in total. The van der Waals surface area contributed by atoms with Gasteiger partial charge >= 0.3 is 0 Å². The van der Waals surface area contributed by atoms with Crippen LogP contribution < -0.4 is 0 Å². The van der Waals surface area contributed by atoms with Crippen LogP contribution in [0.5, 0.6) is 0 Å². The van der Waals surface area contributed by atoms with Crippen LogP contribution in [-0.4, -0.2) is 43.3 Å². The van der Waals surface area contributed by atoms with Crippen molar-refractivity contribution in [2.24, 2.45) is 0 Å². The Hall–Kier alpha value is -2.28. The van der Waals surface area contributed by atoms with Gasteiger partial charge in [-0.25, -0.2) is 0 Å². The van der Waals surface area contributed by atoms with Crippen LogP contribution in [0.3, 0.4) is 0 Å². The lowest BCUT2D eigenvalue weighted by molar-refractivity contribution is -0.136. The van der Waals surface area contributed by atoms with E-state index in [2.05, 4.69) is 29.0 Å². The van der Waals surface area contributed by atoms with Gasteiger partial charge in [0.1, 0.15) is 0 Å². The van der Waals surface area contributed by atoms with Crippen molar-refractivity contribution >= 4 is 28.6 Å². The number of fused-ring (bicyclic) bond motifs is 1. The smallest absolute Gasteiger partial charge is 0.277 e. The maximum absolute atomic E-state index is 12.9. The highest BCUT2D eigenvalue weighted by Crippen LogP contribution is 2.32. The highest BCUT2D eigenvalue weighted by molar-refractivity contribution is 8.00. The van der Waals surface area contributed by atoms with E-state index in [1.165, 1.54) is 18.2 Å². The second kappa shape index (κ2) is 7.38. The van der Waals surface area contributed by atoms with Crippen LogP contribution in [-0.2, 0) is 4.79 Å². The van der Waals surface area contributed by atoms with Gasteiger partial charge in [0.25, 0.3) is 11.1 Å². The molecule has 0 spiro atoms. The summed E-state index contributed by atoms with van der Waals surface area (Å²) in [7, 11) is 0. The van der Waals surface area contributed by atoms with Gasteiger partial charge in [0.15, 0.2) is 0 Å². The first-order valence-corrected chi connectivity index (χ1v) is 10.3. The summed E-state index contributed by atoms with van der Waals surface area (Å²) in [6, 6.07) is 8.55. The fraction of sp³-hybridized carbons (Fsp3) is 0.450. The second-order valence-corrected chi connectivity index (χ2v) is 8.55. The molecule has 142 valence electrons. The molecular weight excluding hydrogens is 360 g/mol. The number of H-pyrrole nitrogens is 1. The van der Waals surface area contributed by atoms with E-state index < -0.39 is 0 Å². The summed E-state index contributed by atoms with van der Waals surface area (Å²) in [5.74, 6) is 0.612. The molecular formula is C20H24N4O2S. The van der Waals surface area contributed by atoms with Gasteiger partial charge in [-0.05, 0) is 46.1 Å². The molecule has 0 aliphatic carbocycles. The molecule has 1 aliphatic heterocycles. The third-order valence-corrected chi connectivity index (χ3v) is 6.22. The lowest BCUT2D eigenvalue weighted by Crippen LogP contribution is -2.50. The minimum absolute atomic E-state index is 0.145. The summed E-state index contributed by atoms with van der Waals surface area (Å²) in [6.07, 6.45) is 5.20. The van der Waals surface area contributed by atoms with Crippen molar-refractivity contribution in [2.45, 2.75) is 62.6 Å². The maximum atomic E-state index is 12.9. The highest BCUT2D eigenvalue weighted by Gasteiger charge is 2.32. The van der Waals surface area contributed by atoms with Crippen molar-refractivity contribution in [2.75, 3.05) is 0 Å². The first-order chi connectivity index (χ1) is 13.0. The molecule has 0 bridgehead atoms. The zero-order valence-electron chi connectivity index (χ0n) is 15.8. The van der Waals surface area contributed by atoms with E-state index in [0.29, 0.717) is 11.1 Å². The Kier molecular flexibility index (Phi) is 4.95. The molecule has 3 heterocycles. The molecule has 1 fully saturated rings. The molecule has 2 aromatic heterocycles. The third-order valence-electron chi connectivity index (χ3n) is 5.30. The number of nitrogens with one attached hydrogen (secondary N) is 1. The zero-order valence-corrected chi connectivity index (χ0v) is 16.6. The van der Waals surface area contributed by atoms with Gasteiger partial charge in [0, 0.05) is 29.2 Å². The van der Waals surface area contributed by atoms with Crippen LogP contribution in [0.4, 0.5) is 0 Å². The SMILES string of the molecule is C[C@@H](Sc1nnc(-c2c[nH]c3ccccc23)o1)C(=O)N1[C@@H](C)CCC[C@@H]1C. The van der Waals surface area contributed by atoms with Gasteiger partial charge in [-0.15, -0.1) is 10.2 Å². The quantitative estimate of drug-likeness (QED) is 0.671. The normalized spacial score (nSPS) is 21.5. The Bertz CT molecular complexity index is 940. The van der Waals surface area contributed by atoms with Crippen molar-refractivity contribution in [3.05, 3.63) is 30.5 Å². The lowest BCUT2D eigenvalue weighted by atomic mass is 9.97. The Balaban J connectivity index is 1.50. The fourth-order valence-corrected chi connectivity index (χ4v) is 4.62. The van der Waals surface area contributed by atoms with Gasteiger partial charge in [-0.2, -0.15) is 0 Å². The number of nitrogens with zero attached hydrogens (tertiary/aromatic N) is 3. The fourth-order valence-electron chi connectivity index (χ4n) is 3.88. The number of rotatable bonds is 4. The summed E-state index contributed by atoms with van der Waals surface area (Å²) in [6.45, 7) is 6.18. The van der Waals surface area contributed by atoms with Crippen LogP contribution >= 0.6 is 11.8 Å². The van der Waals surface area contributed by atoms with Gasteiger partial charge < -0.3 is 14.3 Å². The molecule has 0 radical (unpaired) electrons. The van der Waals surface area contributed by atoms with Crippen molar-refractivity contribution in [1.29, 1.82) is 0 Å². The van der Waals surface area contributed by atoms with Gasteiger partial charge in [-0.3, -0.25) is 4.79 Å². The van der Waals surface area contributed by atoms with Crippen LogP contribution in [0, 0.1) is 0 Å². The van der Waals surface area contributed by atoms with Gasteiger partial charge in [-0.1, -0.05) is 30.0 Å². The number of amides is 1. The molecule has 1 amide bonds. The van der Waals surface area contributed by atoms with Crippen molar-refractivity contribution < 1.29 is 9.21 Å².